The quantitative estimate of drug-likeness (QED) is 0.666. The number of fused-ring (bicyclic) bond motifs is 3. The molecule has 0 bridgehead atoms. The molecule has 0 radical (unpaired) electrons. The van der Waals surface area contributed by atoms with Gasteiger partial charge in [-0.3, -0.25) is 0 Å². The lowest BCUT2D eigenvalue weighted by atomic mass is 9.92. The molecule has 0 spiro atoms. The molecular formula is C23H34N4O2. The van der Waals surface area contributed by atoms with Crippen LogP contribution < -0.4 is 10.6 Å². The first-order valence-electron chi connectivity index (χ1n) is 10.3. The van der Waals surface area contributed by atoms with E-state index in [9.17, 15) is 0 Å². The fraction of sp³-hybridized carbons (Fsp3) is 0.522. The Balaban J connectivity index is 1.91. The molecule has 0 aromatic carbocycles. The number of methoxy groups -OCH3 is 2. The van der Waals surface area contributed by atoms with Gasteiger partial charge in [-0.15, -0.1) is 0 Å². The van der Waals surface area contributed by atoms with Crippen molar-refractivity contribution >= 4 is 16.9 Å². The van der Waals surface area contributed by atoms with Gasteiger partial charge in [0.25, 0.3) is 0 Å². The first-order valence-corrected chi connectivity index (χ1v) is 10.3. The molecule has 2 N–H and O–H groups in total. The lowest BCUT2D eigenvalue weighted by molar-refractivity contribution is 0.155. The number of hydrogen-bond donors (Lipinski definition) is 2. The molecule has 6 heteroatoms. The fourth-order valence-corrected chi connectivity index (χ4v) is 3.87. The third-order valence-corrected chi connectivity index (χ3v) is 5.84. The second-order valence-corrected chi connectivity index (χ2v) is 7.77. The van der Waals surface area contributed by atoms with Crippen LogP contribution in [0.4, 0.5) is 5.82 Å². The Kier molecular flexibility index (Phi) is 7.11. The minimum absolute atomic E-state index is 0.00967. The van der Waals surface area contributed by atoms with Gasteiger partial charge >= 0.3 is 0 Å². The van der Waals surface area contributed by atoms with Gasteiger partial charge in [-0.1, -0.05) is 6.08 Å². The average Bonchev–Trinajstić information content (AvgIpc) is 3.02. The van der Waals surface area contributed by atoms with E-state index in [1.54, 1.807) is 14.2 Å². The molecule has 158 valence electrons. The van der Waals surface area contributed by atoms with Crippen molar-refractivity contribution in [2.45, 2.75) is 51.4 Å². The molecule has 2 aromatic rings. The maximum atomic E-state index is 5.40. The molecule has 1 aliphatic rings. The molecule has 0 amide bonds. The van der Waals surface area contributed by atoms with Crippen LogP contribution in [0, 0.1) is 0 Å². The number of allylic oxidation sites excluding steroid dienone is 1. The summed E-state index contributed by atoms with van der Waals surface area (Å²) in [6.45, 7) is 4.01. The van der Waals surface area contributed by atoms with Crippen molar-refractivity contribution in [2.75, 3.05) is 26.6 Å². The van der Waals surface area contributed by atoms with Gasteiger partial charge in [0.1, 0.15) is 11.5 Å². The summed E-state index contributed by atoms with van der Waals surface area (Å²) in [5, 5.41) is 8.13. The van der Waals surface area contributed by atoms with Crippen LogP contribution in [0.15, 0.2) is 36.1 Å². The second-order valence-electron chi connectivity index (χ2n) is 7.77. The van der Waals surface area contributed by atoms with E-state index in [0.29, 0.717) is 6.04 Å². The lowest BCUT2D eigenvalue weighted by Gasteiger charge is -2.22. The molecule has 2 aromatic heterocycles. The molecule has 3 rings (SSSR count). The molecule has 6 nitrogen and oxygen atoms in total. The van der Waals surface area contributed by atoms with E-state index < -0.39 is 0 Å². The number of pyridine rings is 1. The number of rotatable bonds is 8. The lowest BCUT2D eigenvalue weighted by Crippen LogP contribution is -2.31. The first kappa shape index (κ1) is 21.6. The van der Waals surface area contributed by atoms with Crippen molar-refractivity contribution in [1.29, 1.82) is 0 Å². The summed E-state index contributed by atoms with van der Waals surface area (Å²) in [6.07, 6.45) is 9.41. The van der Waals surface area contributed by atoms with Crippen molar-refractivity contribution < 1.29 is 9.47 Å². The summed E-state index contributed by atoms with van der Waals surface area (Å²) in [7, 11) is 7.59. The van der Waals surface area contributed by atoms with Gasteiger partial charge in [0.15, 0.2) is 0 Å². The molecule has 29 heavy (non-hydrogen) atoms. The minimum atomic E-state index is -0.00967. The third kappa shape index (κ3) is 4.89. The molecule has 1 aliphatic carbocycles. The topological polar surface area (TPSA) is 60.3 Å². The number of likely N-dealkylation sites (N-methyl/N-ethyl adjacent to an activating group) is 1. The Hall–Kier alpha value is -2.15. The van der Waals surface area contributed by atoms with E-state index in [4.69, 9.17) is 14.5 Å². The number of hydrogen-bond acceptors (Lipinski definition) is 5. The summed E-state index contributed by atoms with van der Waals surface area (Å²) >= 11 is 0. The summed E-state index contributed by atoms with van der Waals surface area (Å²) < 4.78 is 13.0. The number of nitrogens with one attached hydrogen (secondary N) is 2. The zero-order valence-corrected chi connectivity index (χ0v) is 18.5. The molecule has 2 heterocycles. The Bertz CT molecular complexity index is 900. The first-order chi connectivity index (χ1) is 14.0. The predicted octanol–water partition coefficient (Wildman–Crippen LogP) is 3.57. The number of aryl methyl sites for hydroxylation is 1. The van der Waals surface area contributed by atoms with E-state index in [2.05, 4.69) is 34.4 Å². The smallest absolute Gasteiger partial charge is 0.142 e. The van der Waals surface area contributed by atoms with Crippen molar-refractivity contribution in [3.63, 3.8) is 0 Å². The van der Waals surface area contributed by atoms with Crippen LogP contribution in [-0.2, 0) is 29.4 Å². The van der Waals surface area contributed by atoms with Gasteiger partial charge < -0.3 is 24.7 Å². The number of anilines is 1. The summed E-state index contributed by atoms with van der Waals surface area (Å²) in [4.78, 5) is 4.94. The van der Waals surface area contributed by atoms with Gasteiger partial charge in [-0.2, -0.15) is 0 Å². The summed E-state index contributed by atoms with van der Waals surface area (Å²) in [5.74, 6) is 0.824. The van der Waals surface area contributed by atoms with E-state index in [1.165, 1.54) is 23.1 Å². The Morgan fingerprint density at radius 3 is 2.69 bits per heavy atom. The molecular weight excluding hydrogens is 364 g/mol. The highest BCUT2D eigenvalue weighted by Gasteiger charge is 2.24. The van der Waals surface area contributed by atoms with E-state index >= 15 is 0 Å². The number of nitrogens with zero attached hydrogens (tertiary/aromatic N) is 2. The van der Waals surface area contributed by atoms with Crippen molar-refractivity contribution in [2.24, 2.45) is 7.05 Å². The van der Waals surface area contributed by atoms with Gasteiger partial charge in [0, 0.05) is 44.1 Å². The van der Waals surface area contributed by atoms with Crippen molar-refractivity contribution in [3.05, 3.63) is 47.3 Å². The second kappa shape index (κ2) is 9.57. The zero-order chi connectivity index (χ0) is 21.0. The van der Waals surface area contributed by atoms with Crippen LogP contribution in [-0.4, -0.2) is 49.1 Å². The van der Waals surface area contributed by atoms with Crippen LogP contribution in [0.1, 0.15) is 31.5 Å². The molecule has 0 aliphatic heterocycles. The van der Waals surface area contributed by atoms with Gasteiger partial charge in [-0.25, -0.2) is 4.98 Å². The monoisotopic (exact) mass is 398 g/mol. The van der Waals surface area contributed by atoms with Crippen LogP contribution in [0.2, 0.25) is 0 Å². The van der Waals surface area contributed by atoms with E-state index in [0.717, 1.165) is 30.0 Å². The van der Waals surface area contributed by atoms with Crippen molar-refractivity contribution in [1.82, 2.24) is 14.9 Å². The number of ether oxygens (including phenoxy) is 2. The molecule has 0 saturated heterocycles. The number of aromatic nitrogens is 2. The van der Waals surface area contributed by atoms with E-state index in [1.807, 2.05) is 39.1 Å². The van der Waals surface area contributed by atoms with Gasteiger partial charge in [0.2, 0.25) is 0 Å². The van der Waals surface area contributed by atoms with Gasteiger partial charge in [-0.05, 0) is 70.0 Å². The van der Waals surface area contributed by atoms with Crippen LogP contribution in [0.5, 0.6) is 0 Å². The van der Waals surface area contributed by atoms with Crippen LogP contribution in [0.25, 0.3) is 11.0 Å². The predicted molar refractivity (Wildman–Crippen MR) is 119 cm³/mol. The maximum Gasteiger partial charge on any atom is 0.142 e. The molecule has 3 atom stereocenters. The standard InChI is InChI=1S/C23H34N4O2/c1-15(28-5)7-8-18(13-16(2)29-6)25-22-12-10-19-20-14-17(24-3)9-11-21(20)27(4)23(19)26-22/h7-8,10,12-13,15-17,24H,9,11,14H2,1-6H3,(H,25,26)/b8-7-,18-13+. The van der Waals surface area contributed by atoms with Gasteiger partial charge in [0.05, 0.1) is 12.2 Å². The normalized spacial score (nSPS) is 19.5. The van der Waals surface area contributed by atoms with Crippen LogP contribution in [0.3, 0.4) is 0 Å². The summed E-state index contributed by atoms with van der Waals surface area (Å²) in [5.41, 5.74) is 4.81. The third-order valence-electron chi connectivity index (χ3n) is 5.84. The SMILES string of the molecule is CNC1CCc2c(c3ccc(NC(/C=C\C(C)OC)=C/C(C)OC)nc3n2C)C1. The Morgan fingerprint density at radius 2 is 2.00 bits per heavy atom. The Labute approximate surface area is 174 Å². The molecule has 0 fully saturated rings. The van der Waals surface area contributed by atoms with E-state index in [-0.39, 0.29) is 12.2 Å². The Morgan fingerprint density at radius 1 is 1.24 bits per heavy atom. The zero-order valence-electron chi connectivity index (χ0n) is 18.5. The minimum Gasteiger partial charge on any atom is -0.378 e. The van der Waals surface area contributed by atoms with Crippen LogP contribution >= 0.6 is 0 Å². The fourth-order valence-electron chi connectivity index (χ4n) is 3.87. The molecule has 3 unspecified atom stereocenters. The summed E-state index contributed by atoms with van der Waals surface area (Å²) in [6, 6.07) is 4.80. The van der Waals surface area contributed by atoms with Crippen molar-refractivity contribution in [3.8, 4) is 0 Å². The molecule has 0 saturated carbocycles. The maximum absolute atomic E-state index is 5.40. The largest absolute Gasteiger partial charge is 0.378 e. The highest BCUT2D eigenvalue weighted by molar-refractivity contribution is 5.84. The average molecular weight is 399 g/mol. The highest BCUT2D eigenvalue weighted by atomic mass is 16.5. The highest BCUT2D eigenvalue weighted by Crippen LogP contribution is 2.31.